The molecule has 0 aromatic heterocycles. The Morgan fingerprint density at radius 3 is 2.08 bits per heavy atom. The Kier molecular flexibility index (Phi) is 7.30. The van der Waals surface area contributed by atoms with E-state index < -0.39 is 11.9 Å². The molecular weight excluding hydrogens is 458 g/mol. The highest BCUT2D eigenvalue weighted by atomic mass is 16.5. The molecule has 182 valence electrons. The van der Waals surface area contributed by atoms with Crippen LogP contribution in [0.4, 0.5) is 5.69 Å². The van der Waals surface area contributed by atoms with E-state index in [1.165, 1.54) is 19.1 Å². The summed E-state index contributed by atoms with van der Waals surface area (Å²) in [6, 6.07) is 23.5. The van der Waals surface area contributed by atoms with E-state index in [2.05, 4.69) is 0 Å². The van der Waals surface area contributed by atoms with Gasteiger partial charge >= 0.3 is 11.9 Å². The lowest BCUT2D eigenvalue weighted by Crippen LogP contribution is -2.24. The van der Waals surface area contributed by atoms with E-state index in [1.54, 1.807) is 37.3 Å². The van der Waals surface area contributed by atoms with Crippen LogP contribution in [-0.4, -0.2) is 32.1 Å². The first-order chi connectivity index (χ1) is 17.4. The Hall–Kier alpha value is -4.65. The minimum Gasteiger partial charge on any atom is -0.489 e. The zero-order valence-corrected chi connectivity index (χ0v) is 20.2. The van der Waals surface area contributed by atoms with Crippen molar-refractivity contribution >= 4 is 29.6 Å². The lowest BCUT2D eigenvalue weighted by molar-refractivity contribution is -0.136. The molecule has 0 spiro atoms. The molecule has 0 aliphatic carbocycles. The van der Waals surface area contributed by atoms with Crippen molar-refractivity contribution in [2.45, 2.75) is 13.5 Å². The average Bonchev–Trinajstić information content (AvgIpc) is 3.16. The molecule has 0 fully saturated rings. The molecule has 0 radical (unpaired) electrons. The first kappa shape index (κ1) is 24.5. The second-order valence-corrected chi connectivity index (χ2v) is 8.03. The van der Waals surface area contributed by atoms with Crippen LogP contribution in [0.3, 0.4) is 0 Å². The van der Waals surface area contributed by atoms with E-state index in [0.29, 0.717) is 29.3 Å². The quantitative estimate of drug-likeness (QED) is 0.350. The van der Waals surface area contributed by atoms with Crippen molar-refractivity contribution in [2.24, 2.45) is 0 Å². The molecule has 3 aromatic rings. The number of hydrogen-bond donors (Lipinski definition) is 0. The van der Waals surface area contributed by atoms with E-state index in [0.717, 1.165) is 11.1 Å². The highest BCUT2D eigenvalue weighted by Crippen LogP contribution is 2.35. The van der Waals surface area contributed by atoms with Gasteiger partial charge in [-0.15, -0.1) is 0 Å². The monoisotopic (exact) mass is 483 g/mol. The molecule has 1 aliphatic rings. The molecule has 3 aromatic carbocycles. The second-order valence-electron chi connectivity index (χ2n) is 8.03. The van der Waals surface area contributed by atoms with Crippen molar-refractivity contribution in [3.8, 4) is 5.75 Å². The van der Waals surface area contributed by atoms with Gasteiger partial charge in [0.15, 0.2) is 0 Å². The molecule has 0 unspecified atom stereocenters. The standard InChI is InChI=1S/C29H25NO6/c1-19-26(29(33)35-3)25(27(31)30(19)23-13-11-22(12-14-23)28(32)34-2)17-20-9-15-24(16-10-20)36-18-21-7-5-4-6-8-21/h4-17H,18H2,1-3H3/b25-17-. The number of nitrogens with zero attached hydrogens (tertiary/aromatic N) is 1. The molecule has 1 amide bonds. The zero-order valence-electron chi connectivity index (χ0n) is 20.2. The maximum Gasteiger partial charge on any atom is 0.340 e. The molecule has 36 heavy (non-hydrogen) atoms. The Morgan fingerprint density at radius 1 is 0.833 bits per heavy atom. The third-order valence-corrected chi connectivity index (χ3v) is 5.78. The van der Waals surface area contributed by atoms with E-state index in [4.69, 9.17) is 14.2 Å². The predicted molar refractivity (Wildman–Crippen MR) is 135 cm³/mol. The zero-order chi connectivity index (χ0) is 25.7. The van der Waals surface area contributed by atoms with Crippen LogP contribution in [0.25, 0.3) is 6.08 Å². The van der Waals surface area contributed by atoms with Crippen LogP contribution in [0.1, 0.15) is 28.4 Å². The third-order valence-electron chi connectivity index (χ3n) is 5.78. The minimum absolute atomic E-state index is 0.184. The van der Waals surface area contributed by atoms with Crippen molar-refractivity contribution in [1.29, 1.82) is 0 Å². The predicted octanol–water partition coefficient (Wildman–Crippen LogP) is 4.93. The number of rotatable bonds is 7. The Morgan fingerprint density at radius 2 is 1.47 bits per heavy atom. The number of esters is 2. The molecule has 1 aliphatic heterocycles. The molecule has 7 heteroatoms. The van der Waals surface area contributed by atoms with Crippen molar-refractivity contribution < 1.29 is 28.6 Å². The summed E-state index contributed by atoms with van der Waals surface area (Å²) in [5.74, 6) is -0.772. The Balaban J connectivity index is 1.60. The minimum atomic E-state index is -0.608. The number of ether oxygens (including phenoxy) is 3. The van der Waals surface area contributed by atoms with Gasteiger partial charge in [-0.25, -0.2) is 9.59 Å². The summed E-state index contributed by atoms with van der Waals surface area (Å²) < 4.78 is 15.5. The largest absolute Gasteiger partial charge is 0.489 e. The average molecular weight is 484 g/mol. The maximum atomic E-state index is 13.4. The van der Waals surface area contributed by atoms with Crippen molar-refractivity contribution in [2.75, 3.05) is 19.1 Å². The maximum absolute atomic E-state index is 13.4. The van der Waals surface area contributed by atoms with Crippen molar-refractivity contribution in [3.05, 3.63) is 112 Å². The first-order valence-electron chi connectivity index (χ1n) is 11.2. The summed E-state index contributed by atoms with van der Waals surface area (Å²) in [5.41, 5.74) is 3.49. The summed E-state index contributed by atoms with van der Waals surface area (Å²) in [4.78, 5) is 39.3. The number of carbonyl (C=O) groups excluding carboxylic acids is 3. The van der Waals surface area contributed by atoms with E-state index >= 15 is 0 Å². The molecule has 7 nitrogen and oxygen atoms in total. The topological polar surface area (TPSA) is 82.1 Å². The highest BCUT2D eigenvalue weighted by Gasteiger charge is 2.37. The summed E-state index contributed by atoms with van der Waals surface area (Å²) in [7, 11) is 2.58. The molecule has 1 heterocycles. The van der Waals surface area contributed by atoms with Gasteiger partial charge in [-0.1, -0.05) is 42.5 Å². The number of anilines is 1. The lowest BCUT2D eigenvalue weighted by atomic mass is 10.0. The van der Waals surface area contributed by atoms with Crippen LogP contribution in [-0.2, 0) is 25.7 Å². The van der Waals surface area contributed by atoms with Crippen LogP contribution in [0, 0.1) is 0 Å². The number of allylic oxidation sites excluding steroid dienone is 1. The number of benzene rings is 3. The van der Waals surface area contributed by atoms with Crippen molar-refractivity contribution in [1.82, 2.24) is 0 Å². The van der Waals surface area contributed by atoms with Crippen LogP contribution in [0.2, 0.25) is 0 Å². The van der Waals surface area contributed by atoms with Gasteiger partial charge in [0.05, 0.1) is 30.9 Å². The van der Waals surface area contributed by atoms with E-state index in [9.17, 15) is 14.4 Å². The number of carbonyl (C=O) groups is 3. The van der Waals surface area contributed by atoms with Gasteiger partial charge in [0.1, 0.15) is 12.4 Å². The van der Waals surface area contributed by atoms with E-state index in [-0.39, 0.29) is 17.1 Å². The number of amides is 1. The molecular formula is C29H25NO6. The summed E-state index contributed by atoms with van der Waals surface area (Å²) in [5, 5.41) is 0. The SMILES string of the molecule is COC(=O)C1=C(C)N(c2ccc(C(=O)OC)cc2)C(=O)/C1=C\c1ccc(OCc2ccccc2)cc1. The fourth-order valence-electron chi connectivity index (χ4n) is 3.92. The summed E-state index contributed by atoms with van der Waals surface area (Å²) >= 11 is 0. The number of methoxy groups -OCH3 is 2. The van der Waals surface area contributed by atoms with Gasteiger partial charge < -0.3 is 14.2 Å². The molecule has 0 N–H and O–H groups in total. The normalized spacial score (nSPS) is 14.2. The third kappa shape index (κ3) is 5.05. The van der Waals surface area contributed by atoms with Crippen molar-refractivity contribution in [3.63, 3.8) is 0 Å². The molecule has 0 saturated carbocycles. The summed E-state index contributed by atoms with van der Waals surface area (Å²) in [6.07, 6.45) is 1.65. The van der Waals surface area contributed by atoms with Crippen LogP contribution < -0.4 is 9.64 Å². The molecule has 4 rings (SSSR count). The van der Waals surface area contributed by atoms with Gasteiger partial charge in [-0.2, -0.15) is 0 Å². The second kappa shape index (κ2) is 10.7. The highest BCUT2D eigenvalue weighted by molar-refractivity contribution is 6.23. The summed E-state index contributed by atoms with van der Waals surface area (Å²) in [6.45, 7) is 2.12. The lowest BCUT2D eigenvalue weighted by Gasteiger charge is -2.18. The van der Waals surface area contributed by atoms with Crippen LogP contribution in [0.15, 0.2) is 95.7 Å². The Labute approximate surface area is 209 Å². The van der Waals surface area contributed by atoms with Crippen LogP contribution in [0.5, 0.6) is 5.75 Å². The molecule has 0 atom stereocenters. The van der Waals surface area contributed by atoms with Gasteiger partial charge in [-0.3, -0.25) is 9.69 Å². The Bertz CT molecular complexity index is 1340. The molecule has 0 saturated heterocycles. The smallest absolute Gasteiger partial charge is 0.340 e. The van der Waals surface area contributed by atoms with E-state index in [1.807, 2.05) is 54.6 Å². The fourth-order valence-corrected chi connectivity index (χ4v) is 3.92. The fraction of sp³-hybridized carbons (Fsp3) is 0.138. The van der Waals surface area contributed by atoms with Crippen LogP contribution >= 0.6 is 0 Å². The molecule has 0 bridgehead atoms. The first-order valence-corrected chi connectivity index (χ1v) is 11.2. The van der Waals surface area contributed by atoms with Gasteiger partial charge in [0.2, 0.25) is 0 Å². The number of hydrogen-bond acceptors (Lipinski definition) is 6. The van der Waals surface area contributed by atoms with Gasteiger partial charge in [0.25, 0.3) is 5.91 Å². The van der Waals surface area contributed by atoms with Gasteiger partial charge in [0, 0.05) is 11.4 Å². The van der Waals surface area contributed by atoms with Gasteiger partial charge in [-0.05, 0) is 60.5 Å².